The molecule has 0 radical (unpaired) electrons. The molecule has 15 heavy (non-hydrogen) atoms. The van der Waals surface area contributed by atoms with E-state index in [0.29, 0.717) is 0 Å². The summed E-state index contributed by atoms with van der Waals surface area (Å²) in [7, 11) is 0. The van der Waals surface area contributed by atoms with Crippen molar-refractivity contribution in [2.45, 2.75) is 38.9 Å². The molecular formula is C14H22O. The van der Waals surface area contributed by atoms with Gasteiger partial charge in [0.2, 0.25) is 0 Å². The van der Waals surface area contributed by atoms with E-state index >= 15 is 0 Å². The smallest absolute Gasteiger partial charge is 0.0798 e. The van der Waals surface area contributed by atoms with Crippen molar-refractivity contribution in [1.29, 1.82) is 0 Å². The number of ether oxygens (including phenoxy) is 1. The third kappa shape index (κ3) is 6.92. The molecule has 0 fully saturated rings. The minimum atomic E-state index is 0.119. The fourth-order valence-corrected chi connectivity index (χ4v) is 1.34. The van der Waals surface area contributed by atoms with Crippen LogP contribution in [0.2, 0.25) is 0 Å². The maximum absolute atomic E-state index is 5.90. The molecule has 0 heterocycles. The molecule has 1 nitrogen and oxygen atoms in total. The first-order valence-electron chi connectivity index (χ1n) is 5.41. The summed E-state index contributed by atoms with van der Waals surface area (Å²) in [6, 6.07) is 0. The molecule has 0 aromatic carbocycles. The van der Waals surface area contributed by atoms with Crippen molar-refractivity contribution >= 4 is 0 Å². The molecule has 0 saturated heterocycles. The highest BCUT2D eigenvalue weighted by molar-refractivity contribution is 4.96. The summed E-state index contributed by atoms with van der Waals surface area (Å²) in [5.74, 6) is 0. The number of allylic oxidation sites excluding steroid dienone is 2. The second-order valence-corrected chi connectivity index (χ2v) is 3.31. The minimum absolute atomic E-state index is 0.119. The molecule has 0 aliphatic carbocycles. The summed E-state index contributed by atoms with van der Waals surface area (Å²) in [5.41, 5.74) is 0. The molecule has 1 heteroatoms. The lowest BCUT2D eigenvalue weighted by Gasteiger charge is -2.18. The molecule has 0 bridgehead atoms. The molecule has 2 unspecified atom stereocenters. The third-order valence-corrected chi connectivity index (χ3v) is 1.96. The summed E-state index contributed by atoms with van der Waals surface area (Å²) in [6.07, 6.45) is 13.8. The maximum atomic E-state index is 5.90. The van der Waals surface area contributed by atoms with Gasteiger partial charge in [-0.15, -0.1) is 13.2 Å². The van der Waals surface area contributed by atoms with Crippen LogP contribution in [0.15, 0.2) is 49.6 Å². The Labute approximate surface area is 93.8 Å². The molecule has 0 rings (SSSR count). The van der Waals surface area contributed by atoms with Crippen molar-refractivity contribution in [2.24, 2.45) is 0 Å². The average Bonchev–Trinajstić information content (AvgIpc) is 2.19. The molecule has 84 valence electrons. The lowest BCUT2D eigenvalue weighted by molar-refractivity contribution is 0.0449. The van der Waals surface area contributed by atoms with Crippen LogP contribution in [0.25, 0.3) is 0 Å². The first kappa shape index (κ1) is 13.9. The van der Waals surface area contributed by atoms with Crippen LogP contribution in [0.3, 0.4) is 0 Å². The van der Waals surface area contributed by atoms with Crippen LogP contribution in [0.5, 0.6) is 0 Å². The molecule has 0 aliphatic heterocycles. The van der Waals surface area contributed by atoms with Crippen LogP contribution in [0, 0.1) is 0 Å². The Morgan fingerprint density at radius 1 is 0.933 bits per heavy atom. The van der Waals surface area contributed by atoms with Gasteiger partial charge in [-0.1, -0.05) is 36.5 Å². The lowest BCUT2D eigenvalue weighted by Crippen LogP contribution is -2.18. The van der Waals surface area contributed by atoms with Crippen molar-refractivity contribution < 1.29 is 4.74 Å². The van der Waals surface area contributed by atoms with E-state index in [0.717, 1.165) is 12.8 Å². The van der Waals surface area contributed by atoms with Crippen molar-refractivity contribution in [1.82, 2.24) is 0 Å². The molecule has 0 saturated carbocycles. The van der Waals surface area contributed by atoms with E-state index in [2.05, 4.69) is 25.3 Å². The average molecular weight is 206 g/mol. The third-order valence-electron chi connectivity index (χ3n) is 1.96. The molecule has 0 amide bonds. The van der Waals surface area contributed by atoms with E-state index < -0.39 is 0 Å². The fourth-order valence-electron chi connectivity index (χ4n) is 1.34. The molecule has 0 spiro atoms. The second kappa shape index (κ2) is 9.47. The van der Waals surface area contributed by atoms with Gasteiger partial charge in [-0.2, -0.15) is 0 Å². The van der Waals surface area contributed by atoms with Crippen LogP contribution >= 0.6 is 0 Å². The van der Waals surface area contributed by atoms with Crippen LogP contribution in [-0.4, -0.2) is 12.2 Å². The predicted molar refractivity (Wildman–Crippen MR) is 67.9 cm³/mol. The summed E-state index contributed by atoms with van der Waals surface area (Å²) < 4.78 is 5.90. The van der Waals surface area contributed by atoms with Gasteiger partial charge in [0.05, 0.1) is 12.2 Å². The number of hydrogen-bond donors (Lipinski definition) is 0. The van der Waals surface area contributed by atoms with Gasteiger partial charge < -0.3 is 4.74 Å². The van der Waals surface area contributed by atoms with Gasteiger partial charge in [-0.05, 0) is 26.7 Å². The summed E-state index contributed by atoms with van der Waals surface area (Å²) >= 11 is 0. The highest BCUT2D eigenvalue weighted by Crippen LogP contribution is 2.10. The fraction of sp³-hybridized carbons (Fsp3) is 0.429. The van der Waals surface area contributed by atoms with Crippen LogP contribution in [0.4, 0.5) is 0 Å². The normalized spacial score (nSPS) is 15.6. The topological polar surface area (TPSA) is 9.23 Å². The van der Waals surface area contributed by atoms with Crippen LogP contribution in [0.1, 0.15) is 26.7 Å². The van der Waals surface area contributed by atoms with Crippen molar-refractivity contribution in [3.05, 3.63) is 49.6 Å². The van der Waals surface area contributed by atoms with E-state index in [-0.39, 0.29) is 12.2 Å². The lowest BCUT2D eigenvalue weighted by atomic mass is 10.2. The van der Waals surface area contributed by atoms with E-state index in [9.17, 15) is 0 Å². The predicted octanol–water partition coefficient (Wildman–Crippen LogP) is 4.04. The molecule has 2 atom stereocenters. The first-order chi connectivity index (χ1) is 7.28. The van der Waals surface area contributed by atoms with E-state index in [1.807, 2.05) is 38.2 Å². The monoisotopic (exact) mass is 206 g/mol. The largest absolute Gasteiger partial charge is 0.366 e. The Balaban J connectivity index is 4.29. The standard InChI is InChI=1S/C14H22O/c1-5-9-13(10-6-2)15-14(11-7-3)12-8-4/h5-8,10,12-14H,1,3,9,11H2,2,4H3/b10-6+,12-8+. The van der Waals surface area contributed by atoms with E-state index in [4.69, 9.17) is 4.74 Å². The molecule has 0 N–H and O–H groups in total. The Bertz CT molecular complexity index is 201. The Morgan fingerprint density at radius 2 is 1.33 bits per heavy atom. The van der Waals surface area contributed by atoms with E-state index in [1.54, 1.807) is 0 Å². The quantitative estimate of drug-likeness (QED) is 0.544. The number of rotatable bonds is 8. The van der Waals surface area contributed by atoms with Gasteiger partial charge in [0, 0.05) is 0 Å². The van der Waals surface area contributed by atoms with Gasteiger partial charge >= 0.3 is 0 Å². The Hall–Kier alpha value is -1.08. The van der Waals surface area contributed by atoms with Crippen molar-refractivity contribution in [2.75, 3.05) is 0 Å². The molecule has 0 aromatic heterocycles. The number of hydrogen-bond acceptors (Lipinski definition) is 1. The first-order valence-corrected chi connectivity index (χ1v) is 5.41. The second-order valence-electron chi connectivity index (χ2n) is 3.31. The van der Waals surface area contributed by atoms with Gasteiger partial charge in [0.1, 0.15) is 0 Å². The zero-order valence-electron chi connectivity index (χ0n) is 9.86. The van der Waals surface area contributed by atoms with Gasteiger partial charge in [0.25, 0.3) is 0 Å². The zero-order chi connectivity index (χ0) is 11.5. The highest BCUT2D eigenvalue weighted by atomic mass is 16.5. The Kier molecular flexibility index (Phi) is 8.79. The van der Waals surface area contributed by atoms with Gasteiger partial charge in [0.15, 0.2) is 0 Å². The molecule has 0 aromatic rings. The summed E-state index contributed by atoms with van der Waals surface area (Å²) in [6.45, 7) is 11.5. The molecular weight excluding hydrogens is 184 g/mol. The summed E-state index contributed by atoms with van der Waals surface area (Å²) in [4.78, 5) is 0. The minimum Gasteiger partial charge on any atom is -0.366 e. The SMILES string of the molecule is C=CCC(/C=C/C)OC(/C=C/C)CC=C. The van der Waals surface area contributed by atoms with Crippen molar-refractivity contribution in [3.8, 4) is 0 Å². The van der Waals surface area contributed by atoms with Gasteiger partial charge in [-0.25, -0.2) is 0 Å². The van der Waals surface area contributed by atoms with Gasteiger partial charge in [-0.3, -0.25) is 0 Å². The summed E-state index contributed by atoms with van der Waals surface area (Å²) in [5, 5.41) is 0. The molecule has 0 aliphatic rings. The highest BCUT2D eigenvalue weighted by Gasteiger charge is 2.09. The van der Waals surface area contributed by atoms with Crippen molar-refractivity contribution in [3.63, 3.8) is 0 Å². The van der Waals surface area contributed by atoms with E-state index in [1.165, 1.54) is 0 Å². The Morgan fingerprint density at radius 3 is 1.60 bits per heavy atom. The maximum Gasteiger partial charge on any atom is 0.0798 e. The van der Waals surface area contributed by atoms with Crippen LogP contribution < -0.4 is 0 Å². The van der Waals surface area contributed by atoms with Crippen LogP contribution in [-0.2, 0) is 4.74 Å². The zero-order valence-corrected chi connectivity index (χ0v) is 9.86.